The highest BCUT2D eigenvalue weighted by molar-refractivity contribution is 7.90. The van der Waals surface area contributed by atoms with Crippen LogP contribution in [0.4, 0.5) is 0 Å². The molecule has 0 amide bonds. The van der Waals surface area contributed by atoms with Crippen molar-refractivity contribution in [1.29, 1.82) is 0 Å². The van der Waals surface area contributed by atoms with Crippen molar-refractivity contribution in [3.05, 3.63) is 29.8 Å². The van der Waals surface area contributed by atoms with Crippen molar-refractivity contribution in [3.63, 3.8) is 0 Å². The molecule has 1 aromatic carbocycles. The van der Waals surface area contributed by atoms with E-state index in [4.69, 9.17) is 4.74 Å². The first kappa shape index (κ1) is 18.3. The molecular weight excluding hydrogens is 302 g/mol. The highest BCUT2D eigenvalue weighted by atomic mass is 32.2. The predicted molar refractivity (Wildman–Crippen MR) is 90.1 cm³/mol. The van der Waals surface area contributed by atoms with Gasteiger partial charge in [0.1, 0.15) is 15.6 Å². The second kappa shape index (κ2) is 8.63. The second-order valence-corrected chi connectivity index (χ2v) is 7.46. The molecule has 0 heterocycles. The van der Waals surface area contributed by atoms with Crippen LogP contribution in [-0.4, -0.2) is 46.6 Å². The average molecular weight is 327 g/mol. The Balaban J connectivity index is 2.52. The van der Waals surface area contributed by atoms with Crippen molar-refractivity contribution in [2.75, 3.05) is 26.2 Å². The molecule has 6 nitrogen and oxygen atoms in total. The number of para-hydroxylation sites is 1. The third-order valence-corrected chi connectivity index (χ3v) is 4.14. The van der Waals surface area contributed by atoms with E-state index in [1.807, 2.05) is 31.2 Å². The Morgan fingerprint density at radius 2 is 2.05 bits per heavy atom. The van der Waals surface area contributed by atoms with Gasteiger partial charge in [0.25, 0.3) is 0 Å². The van der Waals surface area contributed by atoms with Gasteiger partial charge in [-0.05, 0) is 19.4 Å². The summed E-state index contributed by atoms with van der Waals surface area (Å²) in [5.41, 5.74) is 1.02. The fourth-order valence-electron chi connectivity index (χ4n) is 1.92. The number of nitrogens with one attached hydrogen (secondary N) is 2. The van der Waals surface area contributed by atoms with Crippen LogP contribution in [0, 0.1) is 0 Å². The fourth-order valence-corrected chi connectivity index (χ4v) is 2.70. The zero-order chi connectivity index (χ0) is 16.6. The molecule has 22 heavy (non-hydrogen) atoms. The standard InChI is InChI=1S/C15H25N3O3S/c1-12(9-10-22(4,19)20)18-15(16-2)17-11-13-7-5-6-8-14(13)21-3/h5-8,12H,9-11H2,1-4H3,(H2,16,17,18). The first-order valence-corrected chi connectivity index (χ1v) is 9.18. The van der Waals surface area contributed by atoms with Crippen LogP contribution >= 0.6 is 0 Å². The summed E-state index contributed by atoms with van der Waals surface area (Å²) >= 11 is 0. The average Bonchev–Trinajstić information content (AvgIpc) is 2.49. The van der Waals surface area contributed by atoms with Gasteiger partial charge in [0.15, 0.2) is 5.96 Å². The summed E-state index contributed by atoms with van der Waals surface area (Å²) in [7, 11) is 0.377. The minimum atomic E-state index is -2.94. The number of ether oxygens (including phenoxy) is 1. The molecule has 124 valence electrons. The van der Waals surface area contributed by atoms with Gasteiger partial charge in [-0.25, -0.2) is 8.42 Å². The van der Waals surface area contributed by atoms with Crippen LogP contribution in [0.2, 0.25) is 0 Å². The maximum atomic E-state index is 11.2. The molecule has 0 saturated carbocycles. The van der Waals surface area contributed by atoms with E-state index < -0.39 is 9.84 Å². The Morgan fingerprint density at radius 3 is 2.64 bits per heavy atom. The van der Waals surface area contributed by atoms with Gasteiger partial charge in [0.05, 0.1) is 12.9 Å². The number of methoxy groups -OCH3 is 1. The summed E-state index contributed by atoms with van der Waals surface area (Å²) in [6.07, 6.45) is 1.78. The van der Waals surface area contributed by atoms with Gasteiger partial charge in [0.2, 0.25) is 0 Å². The van der Waals surface area contributed by atoms with Crippen molar-refractivity contribution >= 4 is 15.8 Å². The Kier molecular flexibility index (Phi) is 7.17. The lowest BCUT2D eigenvalue weighted by Gasteiger charge is -2.18. The number of benzene rings is 1. The van der Waals surface area contributed by atoms with Gasteiger partial charge in [-0.15, -0.1) is 0 Å². The normalized spacial score (nSPS) is 13.5. The van der Waals surface area contributed by atoms with E-state index in [1.165, 1.54) is 6.26 Å². The molecule has 7 heteroatoms. The van der Waals surface area contributed by atoms with Gasteiger partial charge >= 0.3 is 0 Å². The van der Waals surface area contributed by atoms with Crippen molar-refractivity contribution in [2.24, 2.45) is 4.99 Å². The molecule has 0 radical (unpaired) electrons. The number of aliphatic imine (C=N–C) groups is 1. The largest absolute Gasteiger partial charge is 0.496 e. The van der Waals surface area contributed by atoms with Gasteiger partial charge in [-0.2, -0.15) is 0 Å². The van der Waals surface area contributed by atoms with Gasteiger partial charge in [-0.3, -0.25) is 4.99 Å². The zero-order valence-corrected chi connectivity index (χ0v) is 14.4. The molecule has 0 aliphatic rings. The molecule has 1 atom stereocenters. The van der Waals surface area contributed by atoms with Crippen molar-refractivity contribution in [1.82, 2.24) is 10.6 Å². The Bertz CT molecular complexity index is 600. The first-order valence-electron chi connectivity index (χ1n) is 7.12. The maximum Gasteiger partial charge on any atom is 0.191 e. The molecule has 1 unspecified atom stereocenters. The van der Waals surface area contributed by atoms with Crippen molar-refractivity contribution in [3.8, 4) is 5.75 Å². The highest BCUT2D eigenvalue weighted by Crippen LogP contribution is 2.16. The van der Waals surface area contributed by atoms with Gasteiger partial charge in [0, 0.05) is 31.5 Å². The van der Waals surface area contributed by atoms with E-state index in [0.717, 1.165) is 11.3 Å². The highest BCUT2D eigenvalue weighted by Gasteiger charge is 2.10. The van der Waals surface area contributed by atoms with E-state index in [9.17, 15) is 8.42 Å². The number of nitrogens with zero attached hydrogens (tertiary/aromatic N) is 1. The summed E-state index contributed by atoms with van der Waals surface area (Å²) in [6.45, 7) is 2.50. The predicted octanol–water partition coefficient (Wildman–Crippen LogP) is 1.18. The molecule has 0 aliphatic carbocycles. The monoisotopic (exact) mass is 327 g/mol. The number of sulfone groups is 1. The Hall–Kier alpha value is -1.76. The third-order valence-electron chi connectivity index (χ3n) is 3.17. The van der Waals surface area contributed by atoms with E-state index in [0.29, 0.717) is 18.9 Å². The van der Waals surface area contributed by atoms with Crippen LogP contribution in [0.1, 0.15) is 18.9 Å². The lowest BCUT2D eigenvalue weighted by molar-refractivity contribution is 0.409. The molecule has 0 aliphatic heterocycles. The lowest BCUT2D eigenvalue weighted by Crippen LogP contribution is -2.42. The molecule has 0 aromatic heterocycles. The van der Waals surface area contributed by atoms with Crippen molar-refractivity contribution in [2.45, 2.75) is 25.9 Å². The number of hydrogen-bond acceptors (Lipinski definition) is 4. The van der Waals surface area contributed by atoms with E-state index in [2.05, 4.69) is 15.6 Å². The minimum absolute atomic E-state index is 0.0126. The lowest BCUT2D eigenvalue weighted by atomic mass is 10.2. The van der Waals surface area contributed by atoms with E-state index in [1.54, 1.807) is 14.2 Å². The summed E-state index contributed by atoms with van der Waals surface area (Å²) in [5.74, 6) is 1.60. The third kappa shape index (κ3) is 6.80. The van der Waals surface area contributed by atoms with Crippen LogP contribution in [0.3, 0.4) is 0 Å². The van der Waals surface area contributed by atoms with Gasteiger partial charge < -0.3 is 15.4 Å². The number of hydrogen-bond donors (Lipinski definition) is 2. The quantitative estimate of drug-likeness (QED) is 0.581. The number of rotatable bonds is 7. The van der Waals surface area contributed by atoms with Crippen LogP contribution < -0.4 is 15.4 Å². The molecular formula is C15H25N3O3S. The summed E-state index contributed by atoms with van der Waals surface area (Å²) in [6, 6.07) is 7.76. The first-order chi connectivity index (χ1) is 10.4. The zero-order valence-electron chi connectivity index (χ0n) is 13.6. The van der Waals surface area contributed by atoms with E-state index >= 15 is 0 Å². The molecule has 0 bridgehead atoms. The summed E-state index contributed by atoms with van der Waals surface area (Å²) in [4.78, 5) is 4.15. The summed E-state index contributed by atoms with van der Waals surface area (Å²) in [5, 5.41) is 6.38. The molecule has 0 spiro atoms. The smallest absolute Gasteiger partial charge is 0.191 e. The second-order valence-electron chi connectivity index (χ2n) is 5.20. The number of guanidine groups is 1. The topological polar surface area (TPSA) is 79.8 Å². The summed E-state index contributed by atoms with van der Waals surface area (Å²) < 4.78 is 27.7. The SMILES string of the molecule is CN=C(NCc1ccccc1OC)NC(C)CCS(C)(=O)=O. The molecule has 2 N–H and O–H groups in total. The molecule has 0 fully saturated rings. The van der Waals surface area contributed by atoms with Crippen molar-refractivity contribution < 1.29 is 13.2 Å². The van der Waals surface area contributed by atoms with Crippen LogP contribution in [-0.2, 0) is 16.4 Å². The molecule has 1 aromatic rings. The molecule has 1 rings (SSSR count). The molecule has 0 saturated heterocycles. The van der Waals surface area contributed by atoms with Crippen LogP contribution in [0.5, 0.6) is 5.75 Å². The Morgan fingerprint density at radius 1 is 1.36 bits per heavy atom. The Labute approximate surface area is 132 Å². The minimum Gasteiger partial charge on any atom is -0.496 e. The fraction of sp³-hybridized carbons (Fsp3) is 0.533. The maximum absolute atomic E-state index is 11.2. The van der Waals surface area contributed by atoms with Gasteiger partial charge in [-0.1, -0.05) is 18.2 Å². The van der Waals surface area contributed by atoms with E-state index in [-0.39, 0.29) is 11.8 Å². The van der Waals surface area contributed by atoms with Crippen LogP contribution in [0.25, 0.3) is 0 Å². The van der Waals surface area contributed by atoms with Crippen LogP contribution in [0.15, 0.2) is 29.3 Å².